The first-order valence-corrected chi connectivity index (χ1v) is 9.01. The van der Waals surface area contributed by atoms with Gasteiger partial charge in [-0.15, -0.1) is 0 Å². The van der Waals surface area contributed by atoms with Crippen LogP contribution in [0.15, 0.2) is 66.7 Å². The highest BCUT2D eigenvalue weighted by atomic mass is 35.5. The molecule has 136 valence electrons. The van der Waals surface area contributed by atoms with E-state index in [9.17, 15) is 13.6 Å². The van der Waals surface area contributed by atoms with E-state index < -0.39 is 17.5 Å². The van der Waals surface area contributed by atoms with Gasteiger partial charge in [-0.1, -0.05) is 48.0 Å². The summed E-state index contributed by atoms with van der Waals surface area (Å²) >= 11 is 6.02. The molecule has 1 aliphatic heterocycles. The number of hydrogen-bond acceptors (Lipinski definition) is 1. The van der Waals surface area contributed by atoms with Crippen molar-refractivity contribution in [3.8, 4) is 0 Å². The molecule has 0 unspecified atom stereocenters. The summed E-state index contributed by atoms with van der Waals surface area (Å²) in [6.07, 6.45) is 0.675. The van der Waals surface area contributed by atoms with Crippen LogP contribution < -0.4 is 0 Å². The van der Waals surface area contributed by atoms with Crippen LogP contribution in [0.3, 0.4) is 0 Å². The van der Waals surface area contributed by atoms with Crippen LogP contribution >= 0.6 is 11.6 Å². The maximum absolute atomic E-state index is 14.2. The van der Waals surface area contributed by atoms with Crippen molar-refractivity contribution in [3.63, 3.8) is 0 Å². The predicted octanol–water partition coefficient (Wildman–Crippen LogP) is 5.41. The molecule has 0 aliphatic carbocycles. The van der Waals surface area contributed by atoms with Crippen molar-refractivity contribution in [2.45, 2.75) is 12.5 Å². The average molecular weight is 384 g/mol. The van der Waals surface area contributed by atoms with E-state index in [0.29, 0.717) is 18.0 Å². The number of amides is 1. The summed E-state index contributed by atoms with van der Waals surface area (Å²) in [5.41, 5.74) is 2.92. The van der Waals surface area contributed by atoms with E-state index >= 15 is 0 Å². The summed E-state index contributed by atoms with van der Waals surface area (Å²) in [5, 5.41) is 0.602. The highest BCUT2D eigenvalue weighted by molar-refractivity contribution is 6.30. The molecule has 0 bridgehead atoms. The zero-order valence-corrected chi connectivity index (χ0v) is 15.1. The summed E-state index contributed by atoms with van der Waals surface area (Å²) in [6.45, 7) is 0.444. The van der Waals surface area contributed by atoms with Gasteiger partial charge in [0.15, 0.2) is 0 Å². The zero-order valence-electron chi connectivity index (χ0n) is 14.3. The normalized spacial score (nSPS) is 16.1. The number of benzene rings is 3. The van der Waals surface area contributed by atoms with Crippen molar-refractivity contribution in [2.75, 3.05) is 6.54 Å². The number of carbonyl (C=O) groups excluding carboxylic acids is 1. The lowest BCUT2D eigenvalue weighted by Crippen LogP contribution is -2.41. The second-order valence-electron chi connectivity index (χ2n) is 6.53. The lowest BCUT2D eigenvalue weighted by atomic mass is 9.87. The van der Waals surface area contributed by atoms with Gasteiger partial charge < -0.3 is 4.90 Å². The molecule has 1 atom stereocenters. The van der Waals surface area contributed by atoms with Crippen molar-refractivity contribution in [3.05, 3.63) is 106 Å². The van der Waals surface area contributed by atoms with Gasteiger partial charge >= 0.3 is 0 Å². The molecule has 0 aromatic heterocycles. The predicted molar refractivity (Wildman–Crippen MR) is 101 cm³/mol. The van der Waals surface area contributed by atoms with Crippen LogP contribution in [0.25, 0.3) is 0 Å². The van der Waals surface area contributed by atoms with E-state index in [4.69, 9.17) is 11.6 Å². The average Bonchev–Trinajstić information content (AvgIpc) is 2.67. The Morgan fingerprint density at radius 2 is 1.74 bits per heavy atom. The molecule has 0 radical (unpaired) electrons. The van der Waals surface area contributed by atoms with Crippen molar-refractivity contribution in [2.24, 2.45) is 0 Å². The van der Waals surface area contributed by atoms with Crippen LogP contribution in [-0.2, 0) is 6.42 Å². The Balaban J connectivity index is 1.81. The Hall–Kier alpha value is -2.72. The minimum Gasteiger partial charge on any atom is -0.327 e. The number of rotatable bonds is 2. The van der Waals surface area contributed by atoms with Gasteiger partial charge in [-0.2, -0.15) is 0 Å². The lowest BCUT2D eigenvalue weighted by Gasteiger charge is -2.38. The topological polar surface area (TPSA) is 20.3 Å². The second kappa shape index (κ2) is 7.12. The molecule has 1 amide bonds. The summed E-state index contributed by atoms with van der Waals surface area (Å²) < 4.78 is 27.5. The second-order valence-corrected chi connectivity index (χ2v) is 6.96. The number of halogens is 3. The van der Waals surface area contributed by atoms with Gasteiger partial charge in [0.1, 0.15) is 11.6 Å². The van der Waals surface area contributed by atoms with Crippen LogP contribution in [0.4, 0.5) is 8.78 Å². The Morgan fingerprint density at radius 3 is 2.48 bits per heavy atom. The van der Waals surface area contributed by atoms with Crippen molar-refractivity contribution in [1.29, 1.82) is 0 Å². The Kier molecular flexibility index (Phi) is 4.66. The number of hydrogen-bond donors (Lipinski definition) is 0. The third-order valence-electron chi connectivity index (χ3n) is 4.89. The first kappa shape index (κ1) is 17.7. The highest BCUT2D eigenvalue weighted by Gasteiger charge is 2.33. The molecule has 0 N–H and O–H groups in total. The third-order valence-corrected chi connectivity index (χ3v) is 5.14. The van der Waals surface area contributed by atoms with Gasteiger partial charge in [0.25, 0.3) is 5.91 Å². The molecule has 0 saturated heterocycles. The van der Waals surface area contributed by atoms with E-state index in [0.717, 1.165) is 28.8 Å². The molecule has 0 spiro atoms. The molecule has 3 aromatic carbocycles. The maximum Gasteiger partial charge on any atom is 0.257 e. The van der Waals surface area contributed by atoms with E-state index in [-0.39, 0.29) is 11.6 Å². The van der Waals surface area contributed by atoms with Crippen LogP contribution in [-0.4, -0.2) is 17.4 Å². The highest BCUT2D eigenvalue weighted by Crippen LogP contribution is 2.36. The number of nitrogens with zero attached hydrogens (tertiary/aromatic N) is 1. The quantitative estimate of drug-likeness (QED) is 0.579. The van der Waals surface area contributed by atoms with E-state index in [1.54, 1.807) is 17.0 Å². The fraction of sp³-hybridized carbons (Fsp3) is 0.136. The first-order valence-electron chi connectivity index (χ1n) is 8.64. The largest absolute Gasteiger partial charge is 0.327 e. The molecule has 4 rings (SSSR count). The SMILES string of the molecule is O=C(c1ccc(F)cc1F)N1CCc2ccccc2[C@H]1c1ccc(Cl)cc1. The van der Waals surface area contributed by atoms with Crippen molar-refractivity contribution in [1.82, 2.24) is 4.90 Å². The number of carbonyl (C=O) groups is 1. The van der Waals surface area contributed by atoms with E-state index in [2.05, 4.69) is 0 Å². The molecule has 1 aliphatic rings. The van der Waals surface area contributed by atoms with Crippen LogP contribution in [0.2, 0.25) is 5.02 Å². The summed E-state index contributed by atoms with van der Waals surface area (Å²) in [5.74, 6) is -2.02. The van der Waals surface area contributed by atoms with Crippen LogP contribution in [0, 0.1) is 11.6 Å². The van der Waals surface area contributed by atoms with Gasteiger partial charge in [-0.05, 0) is 47.4 Å². The molecule has 1 heterocycles. The smallest absolute Gasteiger partial charge is 0.257 e. The Morgan fingerprint density at radius 1 is 1.00 bits per heavy atom. The fourth-order valence-corrected chi connectivity index (χ4v) is 3.73. The van der Waals surface area contributed by atoms with E-state index in [1.165, 1.54) is 6.07 Å². The van der Waals surface area contributed by atoms with Crippen LogP contribution in [0.1, 0.15) is 33.1 Å². The van der Waals surface area contributed by atoms with Gasteiger partial charge in [0, 0.05) is 17.6 Å². The molecule has 0 saturated carbocycles. The maximum atomic E-state index is 14.2. The fourth-order valence-electron chi connectivity index (χ4n) is 3.61. The summed E-state index contributed by atoms with van der Waals surface area (Å²) in [7, 11) is 0. The number of fused-ring (bicyclic) bond motifs is 1. The molecular formula is C22H16ClF2NO. The van der Waals surface area contributed by atoms with Gasteiger partial charge in [-0.3, -0.25) is 4.79 Å². The monoisotopic (exact) mass is 383 g/mol. The standard InChI is InChI=1S/C22H16ClF2NO/c23-16-7-5-15(6-8-16)21-18-4-2-1-3-14(18)11-12-26(21)22(27)19-10-9-17(24)13-20(19)25/h1-10,13,21H,11-12H2/t21-/m1/s1. The summed E-state index contributed by atoms with van der Waals surface area (Å²) in [4.78, 5) is 14.8. The summed E-state index contributed by atoms with van der Waals surface area (Å²) in [6, 6.07) is 17.9. The van der Waals surface area contributed by atoms with Crippen LogP contribution in [0.5, 0.6) is 0 Å². The van der Waals surface area contributed by atoms with E-state index in [1.807, 2.05) is 36.4 Å². The molecule has 2 nitrogen and oxygen atoms in total. The van der Waals surface area contributed by atoms with Crippen molar-refractivity contribution < 1.29 is 13.6 Å². The molecule has 27 heavy (non-hydrogen) atoms. The Bertz CT molecular complexity index is 1000. The minimum absolute atomic E-state index is 0.130. The molecule has 5 heteroatoms. The molecule has 3 aromatic rings. The molecule has 0 fully saturated rings. The van der Waals surface area contributed by atoms with Crippen molar-refractivity contribution >= 4 is 17.5 Å². The zero-order chi connectivity index (χ0) is 19.0. The first-order chi connectivity index (χ1) is 13.0. The van der Waals surface area contributed by atoms with Gasteiger partial charge in [0.2, 0.25) is 0 Å². The van der Waals surface area contributed by atoms with Gasteiger partial charge in [0.05, 0.1) is 11.6 Å². The minimum atomic E-state index is -0.853. The molecular weight excluding hydrogens is 368 g/mol. The third kappa shape index (κ3) is 3.33. The Labute approximate surface area is 161 Å². The van der Waals surface area contributed by atoms with Gasteiger partial charge in [-0.25, -0.2) is 8.78 Å². The lowest BCUT2D eigenvalue weighted by molar-refractivity contribution is 0.0689.